The Morgan fingerprint density at radius 1 is 1.25 bits per heavy atom. The molecule has 1 N–H and O–H groups in total. The summed E-state index contributed by atoms with van der Waals surface area (Å²) in [5, 5.41) is 3.35. The Bertz CT molecular complexity index is 530. The van der Waals surface area contributed by atoms with E-state index in [9.17, 15) is 0 Å². The SMILES string of the molecule is CNC1CCN(Cc2ncc(-c3ccccc3)o2)CC1. The van der Waals surface area contributed by atoms with Crippen molar-refractivity contribution in [2.45, 2.75) is 25.4 Å². The van der Waals surface area contributed by atoms with Crippen molar-refractivity contribution in [2.75, 3.05) is 20.1 Å². The molecule has 0 radical (unpaired) electrons. The summed E-state index contributed by atoms with van der Waals surface area (Å²) in [6, 6.07) is 10.8. The van der Waals surface area contributed by atoms with Gasteiger partial charge in [0.15, 0.2) is 5.76 Å². The zero-order valence-electron chi connectivity index (χ0n) is 11.9. The Hall–Kier alpha value is -1.65. The van der Waals surface area contributed by atoms with E-state index in [0.717, 1.165) is 36.8 Å². The van der Waals surface area contributed by atoms with Gasteiger partial charge in [-0.05, 0) is 19.9 Å². The summed E-state index contributed by atoms with van der Waals surface area (Å²) in [5.74, 6) is 1.66. The lowest BCUT2D eigenvalue weighted by atomic mass is 10.1. The van der Waals surface area contributed by atoms with Crippen LogP contribution in [0.5, 0.6) is 0 Å². The average Bonchev–Trinajstić information content (AvgIpc) is 2.97. The maximum absolute atomic E-state index is 5.86. The second kappa shape index (κ2) is 6.20. The van der Waals surface area contributed by atoms with E-state index in [2.05, 4.69) is 15.2 Å². The van der Waals surface area contributed by atoms with E-state index in [1.54, 1.807) is 0 Å². The molecule has 1 aliphatic heterocycles. The molecule has 1 saturated heterocycles. The standard InChI is InChI=1S/C16H21N3O/c1-17-14-7-9-19(10-8-14)12-16-18-11-15(20-16)13-5-3-2-4-6-13/h2-6,11,14,17H,7-10,12H2,1H3. The minimum atomic E-state index is 0.663. The predicted octanol–water partition coefficient (Wildman–Crippen LogP) is 2.53. The molecule has 1 fully saturated rings. The molecule has 1 aromatic heterocycles. The van der Waals surface area contributed by atoms with Crippen molar-refractivity contribution in [2.24, 2.45) is 0 Å². The van der Waals surface area contributed by atoms with Gasteiger partial charge >= 0.3 is 0 Å². The first-order valence-electron chi connectivity index (χ1n) is 7.25. The van der Waals surface area contributed by atoms with Crippen molar-refractivity contribution in [3.8, 4) is 11.3 Å². The first-order chi connectivity index (χ1) is 9.85. The number of hydrogen-bond donors (Lipinski definition) is 1. The summed E-state index contributed by atoms with van der Waals surface area (Å²) in [7, 11) is 2.04. The van der Waals surface area contributed by atoms with Crippen LogP contribution in [-0.4, -0.2) is 36.1 Å². The minimum Gasteiger partial charge on any atom is -0.439 e. The van der Waals surface area contributed by atoms with Gasteiger partial charge < -0.3 is 9.73 Å². The van der Waals surface area contributed by atoms with Crippen LogP contribution in [0.1, 0.15) is 18.7 Å². The fourth-order valence-corrected chi connectivity index (χ4v) is 2.69. The summed E-state index contributed by atoms with van der Waals surface area (Å²) in [6.07, 6.45) is 4.22. The molecule has 0 bridgehead atoms. The van der Waals surface area contributed by atoms with Crippen molar-refractivity contribution in [3.63, 3.8) is 0 Å². The zero-order chi connectivity index (χ0) is 13.8. The maximum atomic E-state index is 5.86. The summed E-state index contributed by atoms with van der Waals surface area (Å²) in [4.78, 5) is 6.81. The Kier molecular flexibility index (Phi) is 4.14. The summed E-state index contributed by atoms with van der Waals surface area (Å²) in [6.45, 7) is 3.02. The average molecular weight is 271 g/mol. The predicted molar refractivity (Wildman–Crippen MR) is 79.3 cm³/mol. The molecule has 106 valence electrons. The maximum Gasteiger partial charge on any atom is 0.209 e. The fraction of sp³-hybridized carbons (Fsp3) is 0.438. The van der Waals surface area contributed by atoms with Crippen molar-refractivity contribution in [1.82, 2.24) is 15.2 Å². The highest BCUT2D eigenvalue weighted by Gasteiger charge is 2.19. The van der Waals surface area contributed by atoms with Crippen molar-refractivity contribution >= 4 is 0 Å². The molecule has 2 heterocycles. The molecule has 0 aliphatic carbocycles. The first kappa shape index (κ1) is 13.3. The number of nitrogens with one attached hydrogen (secondary N) is 1. The molecule has 0 unspecified atom stereocenters. The normalized spacial score (nSPS) is 17.4. The number of likely N-dealkylation sites (tertiary alicyclic amines) is 1. The van der Waals surface area contributed by atoms with Gasteiger partial charge in [0, 0.05) is 24.7 Å². The number of nitrogens with zero attached hydrogens (tertiary/aromatic N) is 2. The summed E-state index contributed by atoms with van der Waals surface area (Å²) < 4.78 is 5.86. The topological polar surface area (TPSA) is 41.3 Å². The van der Waals surface area contributed by atoms with Crippen LogP contribution in [0.4, 0.5) is 0 Å². The molecule has 3 rings (SSSR count). The van der Waals surface area contributed by atoms with Crippen LogP contribution in [-0.2, 0) is 6.54 Å². The Morgan fingerprint density at radius 3 is 2.70 bits per heavy atom. The Balaban J connectivity index is 1.61. The molecule has 0 saturated carbocycles. The van der Waals surface area contributed by atoms with E-state index >= 15 is 0 Å². The van der Waals surface area contributed by atoms with E-state index < -0.39 is 0 Å². The van der Waals surface area contributed by atoms with Crippen LogP contribution in [0.15, 0.2) is 40.9 Å². The number of rotatable bonds is 4. The van der Waals surface area contributed by atoms with Gasteiger partial charge in [0.2, 0.25) is 5.89 Å². The van der Waals surface area contributed by atoms with E-state index in [-0.39, 0.29) is 0 Å². The molecular weight excluding hydrogens is 250 g/mol. The van der Waals surface area contributed by atoms with E-state index in [1.165, 1.54) is 12.8 Å². The third-order valence-electron chi connectivity index (χ3n) is 3.97. The van der Waals surface area contributed by atoms with Crippen molar-refractivity contribution in [3.05, 3.63) is 42.4 Å². The number of aromatic nitrogens is 1. The minimum absolute atomic E-state index is 0.663. The quantitative estimate of drug-likeness (QED) is 0.928. The van der Waals surface area contributed by atoms with Gasteiger partial charge in [-0.15, -0.1) is 0 Å². The van der Waals surface area contributed by atoms with Crippen LogP contribution in [0.3, 0.4) is 0 Å². The third-order valence-corrected chi connectivity index (χ3v) is 3.97. The highest BCUT2D eigenvalue weighted by molar-refractivity contribution is 5.55. The summed E-state index contributed by atoms with van der Waals surface area (Å²) in [5.41, 5.74) is 1.08. The first-order valence-corrected chi connectivity index (χ1v) is 7.25. The molecule has 1 aromatic carbocycles. The van der Waals surface area contributed by atoms with Gasteiger partial charge in [0.05, 0.1) is 12.7 Å². The number of hydrogen-bond acceptors (Lipinski definition) is 4. The van der Waals surface area contributed by atoms with Crippen LogP contribution in [0.2, 0.25) is 0 Å². The molecule has 2 aromatic rings. The largest absolute Gasteiger partial charge is 0.439 e. The van der Waals surface area contributed by atoms with Gasteiger partial charge in [-0.2, -0.15) is 0 Å². The molecule has 4 nitrogen and oxygen atoms in total. The highest BCUT2D eigenvalue weighted by Crippen LogP contribution is 2.21. The lowest BCUT2D eigenvalue weighted by Gasteiger charge is -2.30. The second-order valence-electron chi connectivity index (χ2n) is 5.32. The van der Waals surface area contributed by atoms with E-state index in [0.29, 0.717) is 6.04 Å². The summed E-state index contributed by atoms with van der Waals surface area (Å²) >= 11 is 0. The number of piperidine rings is 1. The molecule has 1 aliphatic rings. The third kappa shape index (κ3) is 3.08. The highest BCUT2D eigenvalue weighted by atomic mass is 16.4. The van der Waals surface area contributed by atoms with Gasteiger partial charge in [-0.3, -0.25) is 4.90 Å². The smallest absolute Gasteiger partial charge is 0.209 e. The Morgan fingerprint density at radius 2 is 2.00 bits per heavy atom. The van der Waals surface area contributed by atoms with E-state index in [1.807, 2.05) is 43.6 Å². The lowest BCUT2D eigenvalue weighted by Crippen LogP contribution is -2.40. The van der Waals surface area contributed by atoms with Gasteiger partial charge in [-0.25, -0.2) is 4.98 Å². The van der Waals surface area contributed by atoms with Crippen LogP contribution in [0.25, 0.3) is 11.3 Å². The monoisotopic (exact) mass is 271 g/mol. The lowest BCUT2D eigenvalue weighted by molar-refractivity contribution is 0.179. The van der Waals surface area contributed by atoms with Crippen LogP contribution < -0.4 is 5.32 Å². The van der Waals surface area contributed by atoms with Gasteiger partial charge in [-0.1, -0.05) is 30.3 Å². The van der Waals surface area contributed by atoms with Crippen LogP contribution in [0, 0.1) is 0 Å². The fourth-order valence-electron chi connectivity index (χ4n) is 2.69. The van der Waals surface area contributed by atoms with Crippen molar-refractivity contribution < 1.29 is 4.42 Å². The molecular formula is C16H21N3O. The molecule has 0 atom stereocenters. The number of oxazole rings is 1. The van der Waals surface area contributed by atoms with Crippen LogP contribution >= 0.6 is 0 Å². The number of benzene rings is 1. The molecule has 20 heavy (non-hydrogen) atoms. The molecule has 4 heteroatoms. The van der Waals surface area contributed by atoms with Gasteiger partial charge in [0.25, 0.3) is 0 Å². The molecule has 0 spiro atoms. The van der Waals surface area contributed by atoms with E-state index in [4.69, 9.17) is 4.42 Å². The Labute approximate surface area is 119 Å². The zero-order valence-corrected chi connectivity index (χ0v) is 11.9. The second-order valence-corrected chi connectivity index (χ2v) is 5.32. The molecule has 0 amide bonds. The van der Waals surface area contributed by atoms with Gasteiger partial charge in [0.1, 0.15) is 0 Å². The van der Waals surface area contributed by atoms with Crippen molar-refractivity contribution in [1.29, 1.82) is 0 Å².